The van der Waals surface area contributed by atoms with Crippen molar-refractivity contribution in [3.05, 3.63) is 35.8 Å². The van der Waals surface area contributed by atoms with Crippen molar-refractivity contribution in [3.63, 3.8) is 0 Å². The molecule has 1 fully saturated rings. The highest BCUT2D eigenvalue weighted by molar-refractivity contribution is 5.94. The summed E-state index contributed by atoms with van der Waals surface area (Å²) in [5, 5.41) is 0. The summed E-state index contributed by atoms with van der Waals surface area (Å²) in [7, 11) is 1.75. The van der Waals surface area contributed by atoms with Gasteiger partial charge in [0.15, 0.2) is 11.6 Å². The minimum atomic E-state index is -0.310. The molecule has 1 unspecified atom stereocenters. The number of nitrogens with one attached hydrogen (secondary N) is 3. The fraction of sp³-hybridized carbons (Fsp3) is 0.474. The minimum Gasteiger partial charge on any atom is -0.488 e. The van der Waals surface area contributed by atoms with Crippen molar-refractivity contribution in [2.75, 3.05) is 31.6 Å². The number of aromatic amines is 1. The Balaban J connectivity index is 1.61. The average molecular weight is 386 g/mol. The molecule has 9 nitrogen and oxygen atoms in total. The Kier molecular flexibility index (Phi) is 5.10. The number of allylic oxidation sites excluding steroid dienone is 1. The summed E-state index contributed by atoms with van der Waals surface area (Å²) in [5.74, 6) is 1.45. The third-order valence-corrected chi connectivity index (χ3v) is 5.44. The maximum Gasteiger partial charge on any atom is 0.270 e. The van der Waals surface area contributed by atoms with Crippen molar-refractivity contribution < 1.29 is 14.3 Å². The maximum absolute atomic E-state index is 12.9. The van der Waals surface area contributed by atoms with Gasteiger partial charge in [0.05, 0.1) is 6.54 Å². The summed E-state index contributed by atoms with van der Waals surface area (Å²) in [4.78, 5) is 32.9. The highest BCUT2D eigenvalue weighted by Crippen LogP contribution is 2.36. The summed E-state index contributed by atoms with van der Waals surface area (Å²) < 4.78 is 5.79. The number of hydrogen-bond acceptors (Lipinski definition) is 6. The lowest BCUT2D eigenvalue weighted by Crippen LogP contribution is -2.48. The van der Waals surface area contributed by atoms with Crippen LogP contribution in [-0.2, 0) is 4.79 Å². The van der Waals surface area contributed by atoms with Crippen LogP contribution in [0.1, 0.15) is 30.3 Å². The molecule has 0 aliphatic carbocycles. The maximum atomic E-state index is 12.9. The number of amides is 2. The van der Waals surface area contributed by atoms with Gasteiger partial charge in [-0.15, -0.1) is 0 Å². The van der Waals surface area contributed by atoms with Crippen molar-refractivity contribution in [3.8, 4) is 5.75 Å². The van der Waals surface area contributed by atoms with E-state index in [0.717, 1.165) is 37.3 Å². The van der Waals surface area contributed by atoms with E-state index < -0.39 is 0 Å². The van der Waals surface area contributed by atoms with Gasteiger partial charge in [0.2, 0.25) is 6.41 Å². The van der Waals surface area contributed by atoms with Crippen LogP contribution in [0.4, 0.5) is 5.82 Å². The van der Waals surface area contributed by atoms with Gasteiger partial charge in [-0.2, -0.15) is 0 Å². The van der Waals surface area contributed by atoms with E-state index in [1.54, 1.807) is 19.3 Å². The van der Waals surface area contributed by atoms with Crippen molar-refractivity contribution in [1.29, 1.82) is 0 Å². The quantitative estimate of drug-likeness (QED) is 0.511. The predicted molar refractivity (Wildman–Crippen MR) is 104 cm³/mol. The van der Waals surface area contributed by atoms with Crippen molar-refractivity contribution in [2.24, 2.45) is 0 Å². The summed E-state index contributed by atoms with van der Waals surface area (Å²) in [6.45, 7) is 4.04. The van der Waals surface area contributed by atoms with E-state index in [1.807, 2.05) is 17.1 Å². The molecule has 0 radical (unpaired) electrons. The second-order valence-electron chi connectivity index (χ2n) is 7.18. The number of anilines is 1. The molecule has 0 spiro atoms. The Morgan fingerprint density at radius 1 is 1.39 bits per heavy atom. The van der Waals surface area contributed by atoms with Crippen LogP contribution in [0.3, 0.4) is 0 Å². The van der Waals surface area contributed by atoms with Crippen LogP contribution in [-0.4, -0.2) is 66.1 Å². The lowest BCUT2D eigenvalue weighted by Gasteiger charge is -2.34. The fourth-order valence-corrected chi connectivity index (χ4v) is 3.96. The molecule has 3 aliphatic heterocycles. The molecule has 3 aliphatic rings. The SMILES string of the molecule is CNNC1C=C(N2CCOc3cc(C(=O)N4CCC[C@@H]4C)[nH]c32)C=CN1C=O. The van der Waals surface area contributed by atoms with E-state index in [-0.39, 0.29) is 18.1 Å². The van der Waals surface area contributed by atoms with Crippen LogP contribution >= 0.6 is 0 Å². The summed E-state index contributed by atoms with van der Waals surface area (Å²) in [6.07, 6.45) is 8.10. The summed E-state index contributed by atoms with van der Waals surface area (Å²) in [6, 6.07) is 2.06. The number of fused-ring (bicyclic) bond motifs is 1. The van der Waals surface area contributed by atoms with Gasteiger partial charge in [-0.3, -0.25) is 15.0 Å². The topological polar surface area (TPSA) is 92.9 Å². The van der Waals surface area contributed by atoms with Gasteiger partial charge in [-0.1, -0.05) is 0 Å². The van der Waals surface area contributed by atoms with E-state index >= 15 is 0 Å². The van der Waals surface area contributed by atoms with Gasteiger partial charge < -0.3 is 24.4 Å². The highest BCUT2D eigenvalue weighted by Gasteiger charge is 2.31. The molecule has 1 saturated heterocycles. The molecule has 28 heavy (non-hydrogen) atoms. The Bertz CT molecular complexity index is 817. The molecule has 1 aromatic heterocycles. The van der Waals surface area contributed by atoms with Crippen LogP contribution in [0, 0.1) is 0 Å². The highest BCUT2D eigenvalue weighted by atomic mass is 16.5. The first-order valence-corrected chi connectivity index (χ1v) is 9.61. The first-order valence-electron chi connectivity index (χ1n) is 9.61. The minimum absolute atomic E-state index is 0.0120. The lowest BCUT2D eigenvalue weighted by molar-refractivity contribution is -0.117. The first kappa shape index (κ1) is 18.6. The zero-order valence-corrected chi connectivity index (χ0v) is 16.1. The molecular weight excluding hydrogens is 360 g/mol. The second kappa shape index (κ2) is 7.69. The largest absolute Gasteiger partial charge is 0.488 e. The number of nitrogens with zero attached hydrogens (tertiary/aromatic N) is 3. The molecule has 2 atom stereocenters. The number of aromatic nitrogens is 1. The normalized spacial score (nSPS) is 24.1. The molecule has 9 heteroatoms. The molecule has 4 rings (SSSR count). The van der Waals surface area contributed by atoms with E-state index in [4.69, 9.17) is 4.74 Å². The molecular formula is C19H26N6O3. The van der Waals surface area contributed by atoms with Gasteiger partial charge in [0.1, 0.15) is 18.5 Å². The monoisotopic (exact) mass is 386 g/mol. The number of ether oxygens (including phenoxy) is 1. The summed E-state index contributed by atoms with van der Waals surface area (Å²) in [5.41, 5.74) is 7.37. The molecule has 2 amide bonds. The lowest BCUT2D eigenvalue weighted by atomic mass is 10.2. The number of hydrazine groups is 1. The van der Waals surface area contributed by atoms with E-state index in [9.17, 15) is 9.59 Å². The molecule has 3 N–H and O–H groups in total. The van der Waals surface area contributed by atoms with Crippen LogP contribution < -0.4 is 20.5 Å². The van der Waals surface area contributed by atoms with Crippen molar-refractivity contribution in [1.82, 2.24) is 25.6 Å². The molecule has 150 valence electrons. The fourth-order valence-electron chi connectivity index (χ4n) is 3.96. The number of carbonyl (C=O) groups is 2. The smallest absolute Gasteiger partial charge is 0.270 e. The Morgan fingerprint density at radius 2 is 2.25 bits per heavy atom. The Labute approximate surface area is 164 Å². The zero-order chi connectivity index (χ0) is 19.7. The van der Waals surface area contributed by atoms with Crippen LogP contribution in [0.2, 0.25) is 0 Å². The number of carbonyl (C=O) groups excluding carboxylic acids is 2. The van der Waals surface area contributed by atoms with Gasteiger partial charge >= 0.3 is 0 Å². The third-order valence-electron chi connectivity index (χ3n) is 5.44. The number of hydrogen-bond donors (Lipinski definition) is 3. The number of likely N-dealkylation sites (tertiary alicyclic amines) is 1. The molecule has 1 aromatic rings. The van der Waals surface area contributed by atoms with Crippen molar-refractivity contribution >= 4 is 18.1 Å². The number of H-pyrrole nitrogens is 1. The molecule has 0 bridgehead atoms. The first-order chi connectivity index (χ1) is 13.6. The summed E-state index contributed by atoms with van der Waals surface area (Å²) >= 11 is 0. The molecule has 0 aromatic carbocycles. The third kappa shape index (κ3) is 3.27. The predicted octanol–water partition coefficient (Wildman–Crippen LogP) is 0.758. The molecule has 0 saturated carbocycles. The van der Waals surface area contributed by atoms with Crippen LogP contribution in [0.5, 0.6) is 5.75 Å². The van der Waals surface area contributed by atoms with Gasteiger partial charge in [0.25, 0.3) is 5.91 Å². The number of rotatable bonds is 5. The standard InChI is InChI=1S/C19H26N6O3/c1-13-4-3-6-24(13)19(27)15-11-16-18(21-15)25(8-9-28-16)14-5-7-23(12-26)17(10-14)22-20-2/h5,7,10-13,17,20-22H,3-4,6,8-9H2,1-2H3/t13-,17?/m0/s1. The Morgan fingerprint density at radius 3 is 2.96 bits per heavy atom. The van der Waals surface area contributed by atoms with E-state index in [1.165, 1.54) is 4.90 Å². The van der Waals surface area contributed by atoms with Crippen LogP contribution in [0.15, 0.2) is 30.1 Å². The van der Waals surface area contributed by atoms with Crippen LogP contribution in [0.25, 0.3) is 0 Å². The zero-order valence-electron chi connectivity index (χ0n) is 16.1. The van der Waals surface area contributed by atoms with E-state index in [2.05, 4.69) is 27.7 Å². The Hall–Kier alpha value is -2.78. The van der Waals surface area contributed by atoms with Gasteiger partial charge in [0, 0.05) is 30.5 Å². The van der Waals surface area contributed by atoms with Crippen molar-refractivity contribution in [2.45, 2.75) is 32.0 Å². The van der Waals surface area contributed by atoms with E-state index in [0.29, 0.717) is 24.6 Å². The van der Waals surface area contributed by atoms with Gasteiger partial charge in [-0.05, 0) is 39.0 Å². The average Bonchev–Trinajstić information content (AvgIpc) is 3.33. The molecule has 4 heterocycles. The second-order valence-corrected chi connectivity index (χ2v) is 7.18. The van der Waals surface area contributed by atoms with Gasteiger partial charge in [-0.25, -0.2) is 5.43 Å².